The van der Waals surface area contributed by atoms with Crippen LogP contribution in [-0.2, 0) is 4.79 Å². The van der Waals surface area contributed by atoms with Crippen molar-refractivity contribution >= 4 is 17.7 Å². The zero-order valence-corrected chi connectivity index (χ0v) is 15.7. The van der Waals surface area contributed by atoms with Crippen LogP contribution in [0, 0.1) is 11.3 Å². The van der Waals surface area contributed by atoms with Gasteiger partial charge in [-0.1, -0.05) is 30.3 Å². The lowest BCUT2D eigenvalue weighted by atomic mass is 10.2. The molecule has 0 bridgehead atoms. The predicted molar refractivity (Wildman–Crippen MR) is 105 cm³/mol. The lowest BCUT2D eigenvalue weighted by Gasteiger charge is -2.23. The molecule has 0 saturated carbocycles. The highest BCUT2D eigenvalue weighted by Gasteiger charge is 2.37. The molecule has 2 aromatic rings. The minimum atomic E-state index is -0.266. The molecule has 138 valence electrons. The van der Waals surface area contributed by atoms with Gasteiger partial charge < -0.3 is 9.64 Å². The maximum Gasteiger partial charge on any atom is 0.241 e. The van der Waals surface area contributed by atoms with E-state index in [-0.39, 0.29) is 23.4 Å². The highest BCUT2D eigenvalue weighted by molar-refractivity contribution is 7.99. The van der Waals surface area contributed by atoms with E-state index in [1.165, 1.54) is 0 Å². The molecular weight excluding hydrogens is 358 g/mol. The standard InChI is InChI=1S/C21H21N3O2S/c22-13-16-5-4-12-24(16)21(25)19-14-27-20(23-19)15-8-10-18(11-9-15)26-17-6-2-1-3-7-17/h1-3,6-11,16,19-20,23H,4-5,12,14H2/t16-,19-,20?/m0/s1. The van der Waals surface area contributed by atoms with Crippen LogP contribution in [0.1, 0.15) is 23.8 Å². The number of hydrogen-bond acceptors (Lipinski definition) is 5. The molecule has 2 aliphatic rings. The summed E-state index contributed by atoms with van der Waals surface area (Å²) in [6.07, 6.45) is 1.70. The van der Waals surface area contributed by atoms with Gasteiger partial charge in [0.1, 0.15) is 17.5 Å². The van der Waals surface area contributed by atoms with Gasteiger partial charge in [-0.25, -0.2) is 0 Å². The van der Waals surface area contributed by atoms with E-state index in [0.717, 1.165) is 35.7 Å². The number of carbonyl (C=O) groups excluding carboxylic acids is 1. The number of benzene rings is 2. The fraction of sp³-hybridized carbons (Fsp3) is 0.333. The number of likely N-dealkylation sites (tertiary alicyclic amines) is 1. The first kappa shape index (κ1) is 17.9. The van der Waals surface area contributed by atoms with Gasteiger partial charge in [0.15, 0.2) is 0 Å². The number of ether oxygens (including phenoxy) is 1. The first-order chi connectivity index (χ1) is 13.2. The second-order valence-electron chi connectivity index (χ2n) is 6.74. The zero-order chi connectivity index (χ0) is 18.6. The SMILES string of the molecule is N#C[C@@H]1CCCN1C(=O)[C@@H]1CSC(c2ccc(Oc3ccccc3)cc2)N1. The van der Waals surface area contributed by atoms with Crippen molar-refractivity contribution in [3.8, 4) is 17.6 Å². The van der Waals surface area contributed by atoms with Gasteiger partial charge in [0.2, 0.25) is 5.91 Å². The highest BCUT2D eigenvalue weighted by Crippen LogP contribution is 2.35. The highest BCUT2D eigenvalue weighted by atomic mass is 32.2. The number of nitriles is 1. The van der Waals surface area contributed by atoms with Gasteiger partial charge in [0, 0.05) is 12.3 Å². The van der Waals surface area contributed by atoms with Crippen molar-refractivity contribution in [3.05, 3.63) is 60.2 Å². The Kier molecular flexibility index (Phi) is 5.33. The molecule has 0 aromatic heterocycles. The van der Waals surface area contributed by atoms with Crippen molar-refractivity contribution in [1.82, 2.24) is 10.2 Å². The monoisotopic (exact) mass is 379 g/mol. The molecule has 0 aliphatic carbocycles. The van der Waals surface area contributed by atoms with Crippen LogP contribution in [0.25, 0.3) is 0 Å². The molecule has 2 saturated heterocycles. The van der Waals surface area contributed by atoms with Gasteiger partial charge in [0.05, 0.1) is 17.5 Å². The Morgan fingerprint density at radius 3 is 2.63 bits per heavy atom. The van der Waals surface area contributed by atoms with Crippen molar-refractivity contribution in [2.24, 2.45) is 0 Å². The summed E-state index contributed by atoms with van der Waals surface area (Å²) in [4.78, 5) is 14.5. The number of amides is 1. The van der Waals surface area contributed by atoms with E-state index in [1.807, 2.05) is 54.6 Å². The minimum absolute atomic E-state index is 0.0538. The van der Waals surface area contributed by atoms with Crippen LogP contribution < -0.4 is 10.1 Å². The first-order valence-corrected chi connectivity index (χ1v) is 10.2. The maximum absolute atomic E-state index is 12.7. The number of nitrogens with zero attached hydrogens (tertiary/aromatic N) is 2. The smallest absolute Gasteiger partial charge is 0.241 e. The largest absolute Gasteiger partial charge is 0.457 e. The van der Waals surface area contributed by atoms with Crippen molar-refractivity contribution in [3.63, 3.8) is 0 Å². The number of hydrogen-bond donors (Lipinski definition) is 1. The number of para-hydroxylation sites is 1. The van der Waals surface area contributed by atoms with E-state index in [0.29, 0.717) is 6.54 Å². The molecule has 0 radical (unpaired) electrons. The topological polar surface area (TPSA) is 65.4 Å². The molecule has 2 fully saturated rings. The molecule has 1 N–H and O–H groups in total. The quantitative estimate of drug-likeness (QED) is 0.877. The summed E-state index contributed by atoms with van der Waals surface area (Å²) in [7, 11) is 0. The molecular formula is C21H21N3O2S. The molecule has 1 amide bonds. The van der Waals surface area contributed by atoms with E-state index in [9.17, 15) is 10.1 Å². The number of thioether (sulfide) groups is 1. The minimum Gasteiger partial charge on any atom is -0.457 e. The molecule has 2 aliphatic heterocycles. The van der Waals surface area contributed by atoms with Gasteiger partial charge in [-0.2, -0.15) is 5.26 Å². The third kappa shape index (κ3) is 3.95. The Morgan fingerprint density at radius 2 is 1.89 bits per heavy atom. The second-order valence-corrected chi connectivity index (χ2v) is 7.87. The van der Waals surface area contributed by atoms with E-state index >= 15 is 0 Å². The molecule has 27 heavy (non-hydrogen) atoms. The third-order valence-electron chi connectivity index (χ3n) is 4.93. The summed E-state index contributed by atoms with van der Waals surface area (Å²) in [5.41, 5.74) is 1.12. The van der Waals surface area contributed by atoms with Crippen LogP contribution in [0.4, 0.5) is 0 Å². The zero-order valence-electron chi connectivity index (χ0n) is 14.9. The van der Waals surface area contributed by atoms with Crippen LogP contribution in [0.2, 0.25) is 0 Å². The average molecular weight is 379 g/mol. The Labute approximate surface area is 163 Å². The van der Waals surface area contributed by atoms with Crippen LogP contribution in [0.15, 0.2) is 54.6 Å². The van der Waals surface area contributed by atoms with E-state index < -0.39 is 0 Å². The summed E-state index contributed by atoms with van der Waals surface area (Å²) in [6, 6.07) is 19.4. The lowest BCUT2D eigenvalue weighted by Crippen LogP contribution is -2.46. The van der Waals surface area contributed by atoms with E-state index in [1.54, 1.807) is 16.7 Å². The summed E-state index contributed by atoms with van der Waals surface area (Å²) in [5.74, 6) is 2.37. The molecule has 2 heterocycles. The molecule has 4 rings (SSSR count). The Bertz CT molecular complexity index is 835. The molecule has 6 heteroatoms. The maximum atomic E-state index is 12.7. The summed E-state index contributed by atoms with van der Waals surface area (Å²) >= 11 is 1.73. The van der Waals surface area contributed by atoms with Crippen LogP contribution in [-0.4, -0.2) is 35.2 Å². The predicted octanol–water partition coefficient (Wildman–Crippen LogP) is 3.70. The number of nitrogens with one attached hydrogen (secondary N) is 1. The molecule has 2 aromatic carbocycles. The van der Waals surface area contributed by atoms with Crippen molar-refractivity contribution in [2.75, 3.05) is 12.3 Å². The van der Waals surface area contributed by atoms with Crippen molar-refractivity contribution in [2.45, 2.75) is 30.3 Å². The van der Waals surface area contributed by atoms with Crippen LogP contribution >= 0.6 is 11.8 Å². The molecule has 1 unspecified atom stereocenters. The van der Waals surface area contributed by atoms with E-state index in [2.05, 4.69) is 11.4 Å². The average Bonchev–Trinajstić information content (AvgIpc) is 3.38. The fourth-order valence-corrected chi connectivity index (χ4v) is 4.74. The lowest BCUT2D eigenvalue weighted by molar-refractivity contribution is -0.132. The van der Waals surface area contributed by atoms with Gasteiger partial charge >= 0.3 is 0 Å². The molecule has 0 spiro atoms. The Morgan fingerprint density at radius 1 is 1.15 bits per heavy atom. The second kappa shape index (κ2) is 8.03. The molecule has 5 nitrogen and oxygen atoms in total. The van der Waals surface area contributed by atoms with Gasteiger partial charge in [0.25, 0.3) is 0 Å². The number of rotatable bonds is 4. The Balaban J connectivity index is 1.37. The van der Waals surface area contributed by atoms with Crippen LogP contribution in [0.3, 0.4) is 0 Å². The Hall–Kier alpha value is -2.49. The number of carbonyl (C=O) groups is 1. The summed E-state index contributed by atoms with van der Waals surface area (Å²) in [6.45, 7) is 0.691. The van der Waals surface area contributed by atoms with E-state index in [4.69, 9.17) is 4.74 Å². The molecule has 3 atom stereocenters. The van der Waals surface area contributed by atoms with Gasteiger partial charge in [-0.05, 0) is 42.7 Å². The normalized spacial score (nSPS) is 24.6. The van der Waals surface area contributed by atoms with Gasteiger partial charge in [-0.3, -0.25) is 10.1 Å². The summed E-state index contributed by atoms with van der Waals surface area (Å²) in [5, 5.41) is 12.7. The van der Waals surface area contributed by atoms with Crippen LogP contribution in [0.5, 0.6) is 11.5 Å². The summed E-state index contributed by atoms with van der Waals surface area (Å²) < 4.78 is 5.83. The fourth-order valence-electron chi connectivity index (χ4n) is 3.51. The first-order valence-electron chi connectivity index (χ1n) is 9.15. The van der Waals surface area contributed by atoms with Gasteiger partial charge in [-0.15, -0.1) is 11.8 Å². The van der Waals surface area contributed by atoms with Crippen molar-refractivity contribution < 1.29 is 9.53 Å². The van der Waals surface area contributed by atoms with Crippen molar-refractivity contribution in [1.29, 1.82) is 5.26 Å². The third-order valence-corrected chi connectivity index (χ3v) is 6.19.